The zero-order valence-corrected chi connectivity index (χ0v) is 7.42. The number of rotatable bonds is 0. The maximum absolute atomic E-state index is 2.34. The molecule has 1 rings (SSSR count). The van der Waals surface area contributed by atoms with Crippen molar-refractivity contribution in [2.45, 2.75) is 39.0 Å². The summed E-state index contributed by atoms with van der Waals surface area (Å²) in [6, 6.07) is 0. The summed E-state index contributed by atoms with van der Waals surface area (Å²) in [5.74, 6) is 0.869. The van der Waals surface area contributed by atoms with Crippen molar-refractivity contribution >= 4 is 0 Å². The average molecular weight is 150 g/mol. The first-order valence-corrected chi connectivity index (χ1v) is 4.69. The third-order valence-corrected chi connectivity index (χ3v) is 2.20. The van der Waals surface area contributed by atoms with Gasteiger partial charge in [-0.2, -0.15) is 0 Å². The van der Waals surface area contributed by atoms with E-state index in [4.69, 9.17) is 0 Å². The Balaban J connectivity index is 2.34. The van der Waals surface area contributed by atoms with E-state index in [1.54, 1.807) is 0 Å². The fraction of sp³-hybridized carbons (Fsp3) is 0.636. The highest BCUT2D eigenvalue weighted by Crippen LogP contribution is 2.13. The summed E-state index contributed by atoms with van der Waals surface area (Å²) in [5.41, 5.74) is 0. The third-order valence-electron chi connectivity index (χ3n) is 2.20. The number of hydrogen-bond donors (Lipinski definition) is 0. The van der Waals surface area contributed by atoms with Crippen molar-refractivity contribution < 1.29 is 0 Å². The first-order chi connectivity index (χ1) is 5.39. The molecule has 0 fully saturated rings. The molecule has 0 radical (unpaired) electrons. The maximum Gasteiger partial charge on any atom is -0.0316 e. The molecule has 0 heteroatoms. The SMILES string of the molecule is CC1CC=CCCC=CCC1. The monoisotopic (exact) mass is 150 g/mol. The van der Waals surface area contributed by atoms with Crippen molar-refractivity contribution in [3.05, 3.63) is 24.3 Å². The van der Waals surface area contributed by atoms with Crippen molar-refractivity contribution in [3.63, 3.8) is 0 Å². The van der Waals surface area contributed by atoms with Gasteiger partial charge in [-0.05, 0) is 38.0 Å². The van der Waals surface area contributed by atoms with Crippen molar-refractivity contribution in [3.8, 4) is 0 Å². The summed E-state index contributed by atoms with van der Waals surface area (Å²) in [6.45, 7) is 2.33. The first-order valence-electron chi connectivity index (χ1n) is 4.69. The van der Waals surface area contributed by atoms with E-state index < -0.39 is 0 Å². The molecule has 11 heavy (non-hydrogen) atoms. The highest BCUT2D eigenvalue weighted by atomic mass is 14.0. The molecule has 0 aromatic carbocycles. The molecular formula is C11H18. The molecule has 0 aliphatic heterocycles. The Morgan fingerprint density at radius 1 is 0.909 bits per heavy atom. The molecule has 0 saturated heterocycles. The van der Waals surface area contributed by atoms with E-state index in [0.29, 0.717) is 0 Å². The molecule has 0 bridgehead atoms. The molecule has 1 aliphatic rings. The molecule has 0 aromatic rings. The van der Waals surface area contributed by atoms with Gasteiger partial charge in [0.25, 0.3) is 0 Å². The lowest BCUT2D eigenvalue weighted by Gasteiger charge is -2.06. The van der Waals surface area contributed by atoms with Crippen LogP contribution >= 0.6 is 0 Å². The van der Waals surface area contributed by atoms with Gasteiger partial charge in [0.05, 0.1) is 0 Å². The zero-order valence-electron chi connectivity index (χ0n) is 7.42. The van der Waals surface area contributed by atoms with Crippen LogP contribution in [0.1, 0.15) is 39.0 Å². The Morgan fingerprint density at radius 3 is 2.36 bits per heavy atom. The van der Waals surface area contributed by atoms with Crippen LogP contribution in [-0.4, -0.2) is 0 Å². The van der Waals surface area contributed by atoms with Gasteiger partial charge in [-0.1, -0.05) is 31.2 Å². The maximum atomic E-state index is 2.34. The lowest BCUT2D eigenvalue weighted by molar-refractivity contribution is 0.544. The van der Waals surface area contributed by atoms with Crippen LogP contribution < -0.4 is 0 Å². The molecule has 0 N–H and O–H groups in total. The van der Waals surface area contributed by atoms with Gasteiger partial charge in [0.2, 0.25) is 0 Å². The van der Waals surface area contributed by atoms with E-state index in [2.05, 4.69) is 31.2 Å². The molecule has 0 aromatic heterocycles. The van der Waals surface area contributed by atoms with Crippen LogP contribution in [0.2, 0.25) is 0 Å². The molecule has 1 atom stereocenters. The van der Waals surface area contributed by atoms with E-state index in [0.717, 1.165) is 5.92 Å². The van der Waals surface area contributed by atoms with Crippen molar-refractivity contribution in [2.24, 2.45) is 5.92 Å². The molecule has 0 spiro atoms. The van der Waals surface area contributed by atoms with Gasteiger partial charge in [-0.15, -0.1) is 0 Å². The van der Waals surface area contributed by atoms with Gasteiger partial charge >= 0.3 is 0 Å². The smallest absolute Gasteiger partial charge is 0.0316 e. The Hall–Kier alpha value is -0.520. The van der Waals surface area contributed by atoms with Gasteiger partial charge in [0, 0.05) is 0 Å². The summed E-state index contributed by atoms with van der Waals surface area (Å²) in [5, 5.41) is 0. The van der Waals surface area contributed by atoms with Crippen LogP contribution in [0.15, 0.2) is 24.3 Å². The fourth-order valence-corrected chi connectivity index (χ4v) is 1.37. The van der Waals surface area contributed by atoms with Gasteiger partial charge < -0.3 is 0 Å². The third kappa shape index (κ3) is 4.02. The Labute approximate surface area is 70.0 Å². The van der Waals surface area contributed by atoms with Crippen LogP contribution in [-0.2, 0) is 0 Å². The standard InChI is InChI=1S/C11H18/c1-11-9-7-5-3-2-4-6-8-10-11/h3,5-6,8,11H,2,4,7,9-10H2,1H3. The molecule has 62 valence electrons. The molecule has 0 nitrogen and oxygen atoms in total. The topological polar surface area (TPSA) is 0 Å². The molecular weight excluding hydrogens is 132 g/mol. The number of allylic oxidation sites excluding steroid dienone is 4. The predicted octanol–water partition coefficient (Wildman–Crippen LogP) is 3.70. The van der Waals surface area contributed by atoms with Crippen LogP contribution in [0.3, 0.4) is 0 Å². The normalized spacial score (nSPS) is 26.8. The minimum Gasteiger partial charge on any atom is -0.0885 e. The summed E-state index contributed by atoms with van der Waals surface area (Å²) in [4.78, 5) is 0. The van der Waals surface area contributed by atoms with Gasteiger partial charge in [0.1, 0.15) is 0 Å². The van der Waals surface area contributed by atoms with E-state index in [-0.39, 0.29) is 0 Å². The minimum atomic E-state index is 0.869. The largest absolute Gasteiger partial charge is 0.0885 e. The lowest BCUT2D eigenvalue weighted by Crippen LogP contribution is -1.91. The second-order valence-corrected chi connectivity index (χ2v) is 3.44. The quantitative estimate of drug-likeness (QED) is 0.462. The van der Waals surface area contributed by atoms with Gasteiger partial charge in [-0.25, -0.2) is 0 Å². The molecule has 0 amide bonds. The van der Waals surface area contributed by atoms with Crippen LogP contribution in [0.4, 0.5) is 0 Å². The van der Waals surface area contributed by atoms with E-state index in [9.17, 15) is 0 Å². The Bertz CT molecular complexity index is 142. The lowest BCUT2D eigenvalue weighted by atomic mass is 10.00. The number of hydrogen-bond acceptors (Lipinski definition) is 0. The van der Waals surface area contributed by atoms with Crippen LogP contribution in [0, 0.1) is 5.92 Å². The highest BCUT2D eigenvalue weighted by molar-refractivity contribution is 4.91. The summed E-state index contributed by atoms with van der Waals surface area (Å²) < 4.78 is 0. The second-order valence-electron chi connectivity index (χ2n) is 3.44. The van der Waals surface area contributed by atoms with E-state index in [1.165, 1.54) is 32.1 Å². The highest BCUT2D eigenvalue weighted by Gasteiger charge is 1.97. The van der Waals surface area contributed by atoms with Crippen molar-refractivity contribution in [2.75, 3.05) is 0 Å². The summed E-state index contributed by atoms with van der Waals surface area (Å²) in [6.07, 6.45) is 15.6. The Morgan fingerprint density at radius 2 is 1.55 bits per heavy atom. The molecule has 1 aliphatic carbocycles. The van der Waals surface area contributed by atoms with Crippen LogP contribution in [0.5, 0.6) is 0 Å². The predicted molar refractivity (Wildman–Crippen MR) is 50.5 cm³/mol. The van der Waals surface area contributed by atoms with Gasteiger partial charge in [-0.3, -0.25) is 0 Å². The van der Waals surface area contributed by atoms with Crippen molar-refractivity contribution in [1.82, 2.24) is 0 Å². The summed E-state index contributed by atoms with van der Waals surface area (Å²) >= 11 is 0. The minimum absolute atomic E-state index is 0.869. The van der Waals surface area contributed by atoms with Crippen LogP contribution in [0.25, 0.3) is 0 Å². The molecule has 1 unspecified atom stereocenters. The van der Waals surface area contributed by atoms with Crippen molar-refractivity contribution in [1.29, 1.82) is 0 Å². The van der Waals surface area contributed by atoms with E-state index >= 15 is 0 Å². The average Bonchev–Trinajstić information content (AvgIpc) is 2.03. The first kappa shape index (κ1) is 8.58. The fourth-order valence-electron chi connectivity index (χ4n) is 1.37. The molecule has 0 saturated carbocycles. The molecule has 0 heterocycles. The van der Waals surface area contributed by atoms with E-state index in [1.807, 2.05) is 0 Å². The van der Waals surface area contributed by atoms with Gasteiger partial charge in [0.15, 0.2) is 0 Å². The summed E-state index contributed by atoms with van der Waals surface area (Å²) in [7, 11) is 0. The zero-order chi connectivity index (χ0) is 7.94. The Kier molecular flexibility index (Phi) is 4.03. The second kappa shape index (κ2) is 5.17.